The number of hydrogen-bond donors (Lipinski definition) is 1. The van der Waals surface area contributed by atoms with E-state index in [0.717, 1.165) is 23.9 Å². The van der Waals surface area contributed by atoms with Gasteiger partial charge in [-0.05, 0) is 17.5 Å². The van der Waals surface area contributed by atoms with Crippen LogP contribution in [0, 0.1) is 0 Å². The number of rotatable bonds is 4. The third-order valence-electron chi connectivity index (χ3n) is 3.76. The first kappa shape index (κ1) is 14.3. The minimum Gasteiger partial charge on any atom is -0.484 e. The van der Waals surface area contributed by atoms with Crippen LogP contribution in [0.1, 0.15) is 0 Å². The highest BCUT2D eigenvalue weighted by atomic mass is 35.5. The standard InChI is InChI=1S/C18H15ClN2O2/c19-14-5-6-16(17(8-14)22-15-10-20-11-15)23-18-7-12-3-1-2-4-13(12)9-21-18/h1-9,15,20H,10-11H2. The number of nitrogens with one attached hydrogen (secondary N) is 1. The van der Waals surface area contributed by atoms with Gasteiger partial charge in [0, 0.05) is 41.8 Å². The highest BCUT2D eigenvalue weighted by molar-refractivity contribution is 6.30. The van der Waals surface area contributed by atoms with Gasteiger partial charge in [-0.2, -0.15) is 0 Å². The molecule has 0 amide bonds. The van der Waals surface area contributed by atoms with Gasteiger partial charge in [-0.1, -0.05) is 35.9 Å². The molecule has 5 heteroatoms. The van der Waals surface area contributed by atoms with E-state index in [2.05, 4.69) is 10.3 Å². The molecule has 1 aliphatic rings. The predicted octanol–water partition coefficient (Wildman–Crippen LogP) is 4.03. The van der Waals surface area contributed by atoms with Gasteiger partial charge in [0.1, 0.15) is 6.10 Å². The van der Waals surface area contributed by atoms with Gasteiger partial charge in [0.15, 0.2) is 11.5 Å². The molecule has 0 bridgehead atoms. The van der Waals surface area contributed by atoms with Crippen LogP contribution in [-0.4, -0.2) is 24.2 Å². The zero-order valence-electron chi connectivity index (χ0n) is 12.3. The van der Waals surface area contributed by atoms with Crippen molar-refractivity contribution in [3.05, 3.63) is 59.8 Å². The third-order valence-corrected chi connectivity index (χ3v) is 4.00. The fraction of sp³-hybridized carbons (Fsp3) is 0.167. The maximum Gasteiger partial charge on any atom is 0.220 e. The number of benzene rings is 2. The van der Waals surface area contributed by atoms with Gasteiger partial charge < -0.3 is 14.8 Å². The SMILES string of the molecule is Clc1ccc(Oc2cc3ccccc3cn2)c(OC2CNC2)c1. The zero-order chi connectivity index (χ0) is 15.6. The van der Waals surface area contributed by atoms with Crippen LogP contribution in [0.5, 0.6) is 17.4 Å². The van der Waals surface area contributed by atoms with E-state index in [0.29, 0.717) is 22.4 Å². The van der Waals surface area contributed by atoms with E-state index in [9.17, 15) is 0 Å². The Bertz CT molecular complexity index is 849. The van der Waals surface area contributed by atoms with Crippen LogP contribution in [0.15, 0.2) is 54.7 Å². The molecule has 0 atom stereocenters. The Morgan fingerprint density at radius 1 is 1.00 bits per heavy atom. The molecule has 23 heavy (non-hydrogen) atoms. The van der Waals surface area contributed by atoms with E-state index < -0.39 is 0 Å². The summed E-state index contributed by atoms with van der Waals surface area (Å²) in [7, 11) is 0. The number of hydrogen-bond acceptors (Lipinski definition) is 4. The van der Waals surface area contributed by atoms with Crippen molar-refractivity contribution in [3.8, 4) is 17.4 Å². The lowest BCUT2D eigenvalue weighted by atomic mass is 10.2. The van der Waals surface area contributed by atoms with Crippen molar-refractivity contribution in [3.63, 3.8) is 0 Å². The van der Waals surface area contributed by atoms with Crippen LogP contribution in [0.25, 0.3) is 10.8 Å². The number of aromatic nitrogens is 1. The average Bonchev–Trinajstić information content (AvgIpc) is 2.53. The molecule has 1 N–H and O–H groups in total. The van der Waals surface area contributed by atoms with E-state index in [4.69, 9.17) is 21.1 Å². The van der Waals surface area contributed by atoms with Crippen molar-refractivity contribution < 1.29 is 9.47 Å². The van der Waals surface area contributed by atoms with Gasteiger partial charge >= 0.3 is 0 Å². The lowest BCUT2D eigenvalue weighted by Gasteiger charge is -2.28. The maximum absolute atomic E-state index is 6.08. The molecule has 1 saturated heterocycles. The summed E-state index contributed by atoms with van der Waals surface area (Å²) >= 11 is 6.08. The second-order valence-electron chi connectivity index (χ2n) is 5.46. The van der Waals surface area contributed by atoms with E-state index in [-0.39, 0.29) is 6.10 Å². The second-order valence-corrected chi connectivity index (χ2v) is 5.90. The summed E-state index contributed by atoms with van der Waals surface area (Å²) in [5.74, 6) is 1.78. The van der Waals surface area contributed by atoms with Crippen molar-refractivity contribution >= 4 is 22.4 Å². The molecule has 1 aromatic heterocycles. The molecular weight excluding hydrogens is 312 g/mol. The Kier molecular flexibility index (Phi) is 3.77. The lowest BCUT2D eigenvalue weighted by molar-refractivity contribution is 0.138. The van der Waals surface area contributed by atoms with Crippen LogP contribution in [0.4, 0.5) is 0 Å². The van der Waals surface area contributed by atoms with E-state index in [1.165, 1.54) is 0 Å². The Morgan fingerprint density at radius 2 is 1.83 bits per heavy atom. The molecule has 4 rings (SSSR count). The molecule has 116 valence electrons. The largest absolute Gasteiger partial charge is 0.484 e. The topological polar surface area (TPSA) is 43.4 Å². The summed E-state index contributed by atoms with van der Waals surface area (Å²) < 4.78 is 11.8. The molecule has 0 spiro atoms. The second kappa shape index (κ2) is 6.07. The van der Waals surface area contributed by atoms with Crippen molar-refractivity contribution in [1.29, 1.82) is 0 Å². The number of ether oxygens (including phenoxy) is 2. The molecule has 0 unspecified atom stereocenters. The monoisotopic (exact) mass is 326 g/mol. The van der Waals surface area contributed by atoms with Crippen molar-refractivity contribution in [2.75, 3.05) is 13.1 Å². The number of nitrogens with zero attached hydrogens (tertiary/aromatic N) is 1. The first-order valence-electron chi connectivity index (χ1n) is 7.47. The summed E-state index contributed by atoms with van der Waals surface area (Å²) in [4.78, 5) is 4.36. The van der Waals surface area contributed by atoms with Gasteiger partial charge in [-0.25, -0.2) is 4.98 Å². The smallest absolute Gasteiger partial charge is 0.220 e. The Balaban J connectivity index is 1.63. The molecule has 0 aliphatic carbocycles. The molecule has 3 aromatic rings. The van der Waals surface area contributed by atoms with Gasteiger partial charge in [0.25, 0.3) is 0 Å². The van der Waals surface area contributed by atoms with E-state index >= 15 is 0 Å². The minimum absolute atomic E-state index is 0.153. The normalized spacial score (nSPS) is 14.5. The summed E-state index contributed by atoms with van der Waals surface area (Å²) in [6.45, 7) is 1.67. The Morgan fingerprint density at radius 3 is 2.61 bits per heavy atom. The first-order chi connectivity index (χ1) is 11.3. The van der Waals surface area contributed by atoms with Crippen molar-refractivity contribution in [2.45, 2.75) is 6.10 Å². The fourth-order valence-corrected chi connectivity index (χ4v) is 2.58. The van der Waals surface area contributed by atoms with Crippen LogP contribution in [0.2, 0.25) is 5.02 Å². The van der Waals surface area contributed by atoms with Gasteiger partial charge in [0.05, 0.1) is 0 Å². The van der Waals surface area contributed by atoms with E-state index in [1.807, 2.05) is 30.3 Å². The van der Waals surface area contributed by atoms with Gasteiger partial charge in [0.2, 0.25) is 5.88 Å². The van der Waals surface area contributed by atoms with Crippen LogP contribution in [-0.2, 0) is 0 Å². The highest BCUT2D eigenvalue weighted by Gasteiger charge is 2.20. The molecular formula is C18H15ClN2O2. The molecule has 1 fully saturated rings. The third kappa shape index (κ3) is 3.09. The first-order valence-corrected chi connectivity index (χ1v) is 7.85. The predicted molar refractivity (Wildman–Crippen MR) is 90.6 cm³/mol. The van der Waals surface area contributed by atoms with Crippen LogP contribution >= 0.6 is 11.6 Å². The number of pyridine rings is 1. The minimum atomic E-state index is 0.153. The molecule has 2 aromatic carbocycles. The van der Waals surface area contributed by atoms with Gasteiger partial charge in [-0.3, -0.25) is 0 Å². The van der Waals surface area contributed by atoms with Crippen LogP contribution in [0.3, 0.4) is 0 Å². The molecule has 1 aliphatic heterocycles. The lowest BCUT2D eigenvalue weighted by Crippen LogP contribution is -2.50. The molecule has 0 radical (unpaired) electrons. The molecule has 2 heterocycles. The van der Waals surface area contributed by atoms with Crippen LogP contribution < -0.4 is 14.8 Å². The Labute approximate surface area is 139 Å². The van der Waals surface area contributed by atoms with E-state index in [1.54, 1.807) is 24.4 Å². The maximum atomic E-state index is 6.08. The summed E-state index contributed by atoms with van der Waals surface area (Å²) in [5, 5.41) is 5.95. The van der Waals surface area contributed by atoms with Crippen molar-refractivity contribution in [2.24, 2.45) is 0 Å². The number of fused-ring (bicyclic) bond motifs is 1. The number of halogens is 1. The average molecular weight is 327 g/mol. The summed E-state index contributed by atoms with van der Waals surface area (Å²) in [6.07, 6.45) is 1.96. The summed E-state index contributed by atoms with van der Waals surface area (Å²) in [5.41, 5.74) is 0. The molecule has 0 saturated carbocycles. The molecule has 4 nitrogen and oxygen atoms in total. The fourth-order valence-electron chi connectivity index (χ4n) is 2.42. The zero-order valence-corrected chi connectivity index (χ0v) is 13.1. The quantitative estimate of drug-likeness (QED) is 0.786. The van der Waals surface area contributed by atoms with Gasteiger partial charge in [-0.15, -0.1) is 0 Å². The summed E-state index contributed by atoms with van der Waals surface area (Å²) in [6, 6.07) is 15.3. The highest BCUT2D eigenvalue weighted by Crippen LogP contribution is 2.35. The Hall–Kier alpha value is -2.30. The van der Waals surface area contributed by atoms with Crippen molar-refractivity contribution in [1.82, 2.24) is 10.3 Å².